The fraction of sp³-hybridized carbons (Fsp3) is 0.533. The highest BCUT2D eigenvalue weighted by molar-refractivity contribution is 5.34. The molecule has 1 saturated carbocycles. The minimum absolute atomic E-state index is 0.107. The highest BCUT2D eigenvalue weighted by atomic mass is 16.5. The van der Waals surface area contributed by atoms with Gasteiger partial charge in [-0.25, -0.2) is 0 Å². The van der Waals surface area contributed by atoms with E-state index in [1.807, 2.05) is 6.07 Å². The van der Waals surface area contributed by atoms with Crippen molar-refractivity contribution in [3.05, 3.63) is 29.8 Å². The molecule has 0 spiro atoms. The van der Waals surface area contributed by atoms with E-state index in [2.05, 4.69) is 5.32 Å². The topological polar surface area (TPSA) is 85.5 Å². The zero-order valence-electron chi connectivity index (χ0n) is 11.4. The number of β-amino-alcohol motifs (C(OH)–C–C–N with tert-alkyl or cyclic N) is 1. The summed E-state index contributed by atoms with van der Waals surface area (Å²) in [5, 5.41) is 31.1. The number of nitrogens with zero attached hydrogens (tertiary/aromatic N) is 1. The molecule has 0 radical (unpaired) electrons. The third-order valence-electron chi connectivity index (χ3n) is 3.75. The normalized spacial score (nSPS) is 17.9. The second-order valence-electron chi connectivity index (χ2n) is 5.27. The van der Waals surface area contributed by atoms with E-state index in [4.69, 9.17) is 10.00 Å². The number of hydrogen-bond acceptors (Lipinski definition) is 5. The van der Waals surface area contributed by atoms with Crippen molar-refractivity contribution in [3.8, 4) is 11.8 Å². The molecule has 1 aromatic carbocycles. The van der Waals surface area contributed by atoms with Gasteiger partial charge in [0, 0.05) is 12.1 Å². The lowest BCUT2D eigenvalue weighted by Crippen LogP contribution is -2.56. The van der Waals surface area contributed by atoms with Crippen LogP contribution in [0.25, 0.3) is 0 Å². The maximum atomic E-state index is 9.87. The average Bonchev–Trinajstić information content (AvgIpc) is 2.45. The summed E-state index contributed by atoms with van der Waals surface area (Å²) in [6.45, 7) is 0.688. The van der Waals surface area contributed by atoms with Crippen LogP contribution < -0.4 is 10.1 Å². The van der Waals surface area contributed by atoms with Crippen LogP contribution in [-0.2, 0) is 0 Å². The second kappa shape index (κ2) is 6.71. The highest BCUT2D eigenvalue weighted by Crippen LogP contribution is 2.30. The molecule has 5 heteroatoms. The molecule has 1 aromatic rings. The summed E-state index contributed by atoms with van der Waals surface area (Å²) in [4.78, 5) is 0. The van der Waals surface area contributed by atoms with Gasteiger partial charge in [-0.2, -0.15) is 5.26 Å². The second-order valence-corrected chi connectivity index (χ2v) is 5.27. The van der Waals surface area contributed by atoms with Crippen molar-refractivity contribution in [2.45, 2.75) is 30.9 Å². The molecule has 0 aliphatic heterocycles. The summed E-state index contributed by atoms with van der Waals surface area (Å²) < 4.78 is 5.46. The number of rotatable bonds is 7. The summed E-state index contributed by atoms with van der Waals surface area (Å²) in [5.41, 5.74) is 0.379. The van der Waals surface area contributed by atoms with Crippen LogP contribution in [0.15, 0.2) is 24.3 Å². The highest BCUT2D eigenvalue weighted by Gasteiger charge is 2.35. The molecule has 20 heavy (non-hydrogen) atoms. The van der Waals surface area contributed by atoms with Crippen LogP contribution in [0.2, 0.25) is 0 Å². The van der Waals surface area contributed by atoms with Crippen LogP contribution in [0, 0.1) is 11.3 Å². The molecule has 0 amide bonds. The summed E-state index contributed by atoms with van der Waals surface area (Å²) >= 11 is 0. The molecule has 0 aromatic heterocycles. The minimum Gasteiger partial charge on any atom is -0.491 e. The molecule has 1 aliphatic carbocycles. The number of nitriles is 1. The molecule has 2 rings (SSSR count). The van der Waals surface area contributed by atoms with Gasteiger partial charge in [-0.15, -0.1) is 0 Å². The van der Waals surface area contributed by atoms with Crippen molar-refractivity contribution < 1.29 is 14.9 Å². The Morgan fingerprint density at radius 1 is 1.35 bits per heavy atom. The van der Waals surface area contributed by atoms with Crippen LogP contribution in [0.4, 0.5) is 0 Å². The summed E-state index contributed by atoms with van der Waals surface area (Å²) in [6, 6.07) is 8.80. The third kappa shape index (κ3) is 3.70. The Labute approximate surface area is 118 Å². The van der Waals surface area contributed by atoms with E-state index >= 15 is 0 Å². The van der Waals surface area contributed by atoms with Crippen LogP contribution in [0.1, 0.15) is 24.8 Å². The molecular formula is C15H20N2O3. The van der Waals surface area contributed by atoms with Crippen molar-refractivity contribution in [2.75, 3.05) is 19.8 Å². The first kappa shape index (κ1) is 14.8. The molecule has 0 bridgehead atoms. The minimum atomic E-state index is -0.630. The smallest absolute Gasteiger partial charge is 0.119 e. The zero-order valence-corrected chi connectivity index (χ0v) is 11.4. The van der Waals surface area contributed by atoms with E-state index in [1.54, 1.807) is 24.3 Å². The third-order valence-corrected chi connectivity index (χ3v) is 3.75. The summed E-state index contributed by atoms with van der Waals surface area (Å²) in [5.74, 6) is 0.628. The van der Waals surface area contributed by atoms with Crippen molar-refractivity contribution in [1.29, 1.82) is 5.26 Å². The van der Waals surface area contributed by atoms with Crippen molar-refractivity contribution in [1.82, 2.24) is 5.32 Å². The Bertz CT molecular complexity index is 457. The average molecular weight is 276 g/mol. The van der Waals surface area contributed by atoms with E-state index < -0.39 is 6.10 Å². The predicted molar refractivity (Wildman–Crippen MR) is 74.3 cm³/mol. The maximum absolute atomic E-state index is 9.87. The van der Waals surface area contributed by atoms with E-state index in [-0.39, 0.29) is 18.8 Å². The van der Waals surface area contributed by atoms with Gasteiger partial charge in [0.15, 0.2) is 0 Å². The van der Waals surface area contributed by atoms with Gasteiger partial charge in [0.05, 0.1) is 18.2 Å². The van der Waals surface area contributed by atoms with Gasteiger partial charge in [0.2, 0.25) is 0 Å². The van der Waals surface area contributed by atoms with Crippen LogP contribution in [-0.4, -0.2) is 41.6 Å². The van der Waals surface area contributed by atoms with Crippen molar-refractivity contribution >= 4 is 0 Å². The fourth-order valence-corrected chi connectivity index (χ4v) is 2.21. The molecule has 5 nitrogen and oxygen atoms in total. The molecule has 108 valence electrons. The van der Waals surface area contributed by atoms with E-state index in [9.17, 15) is 10.2 Å². The lowest BCUT2D eigenvalue weighted by molar-refractivity contribution is 0.0540. The molecule has 0 saturated heterocycles. The monoisotopic (exact) mass is 276 g/mol. The molecule has 1 unspecified atom stereocenters. The Morgan fingerprint density at radius 3 is 2.55 bits per heavy atom. The molecule has 1 fully saturated rings. The number of hydrogen-bond donors (Lipinski definition) is 3. The number of benzene rings is 1. The number of ether oxygens (including phenoxy) is 1. The first-order valence-corrected chi connectivity index (χ1v) is 6.84. The molecular weight excluding hydrogens is 256 g/mol. The number of nitrogens with one attached hydrogen (secondary N) is 1. The Kier molecular flexibility index (Phi) is 4.96. The van der Waals surface area contributed by atoms with Gasteiger partial charge in [-0.3, -0.25) is 0 Å². The Balaban J connectivity index is 1.71. The van der Waals surface area contributed by atoms with Crippen LogP contribution in [0.3, 0.4) is 0 Å². The lowest BCUT2D eigenvalue weighted by Gasteiger charge is -2.41. The molecule has 1 atom stereocenters. The number of aliphatic hydroxyl groups is 2. The molecule has 1 aliphatic rings. The quantitative estimate of drug-likeness (QED) is 0.686. The van der Waals surface area contributed by atoms with Gasteiger partial charge in [0.1, 0.15) is 18.5 Å². The lowest BCUT2D eigenvalue weighted by atomic mass is 9.77. The van der Waals surface area contributed by atoms with Gasteiger partial charge >= 0.3 is 0 Å². The van der Waals surface area contributed by atoms with Gasteiger partial charge in [-0.05, 0) is 43.5 Å². The first-order valence-electron chi connectivity index (χ1n) is 6.84. The Hall–Kier alpha value is -1.61. The zero-order chi connectivity index (χ0) is 14.4. The van der Waals surface area contributed by atoms with E-state index in [1.165, 1.54) is 0 Å². The van der Waals surface area contributed by atoms with Crippen molar-refractivity contribution in [2.24, 2.45) is 0 Å². The van der Waals surface area contributed by atoms with Crippen molar-refractivity contribution in [3.63, 3.8) is 0 Å². The summed E-state index contributed by atoms with van der Waals surface area (Å²) in [6.07, 6.45) is 2.39. The largest absolute Gasteiger partial charge is 0.491 e. The first-order chi connectivity index (χ1) is 9.67. The van der Waals surface area contributed by atoms with Gasteiger partial charge < -0.3 is 20.3 Å². The standard InChI is InChI=1S/C15H20N2O3/c16-8-12-2-4-14(5-3-12)20-10-13(19)9-17-15(11-18)6-1-7-15/h2-5,13,17-19H,1,6-7,9-11H2. The SMILES string of the molecule is N#Cc1ccc(OCC(O)CNC2(CO)CCC2)cc1. The molecule has 0 heterocycles. The van der Waals surface area contributed by atoms with E-state index in [0.717, 1.165) is 19.3 Å². The Morgan fingerprint density at radius 2 is 2.05 bits per heavy atom. The van der Waals surface area contributed by atoms with Gasteiger partial charge in [0.25, 0.3) is 0 Å². The van der Waals surface area contributed by atoms with Crippen LogP contribution in [0.5, 0.6) is 5.75 Å². The summed E-state index contributed by atoms with van der Waals surface area (Å²) in [7, 11) is 0. The predicted octanol–water partition coefficient (Wildman–Crippen LogP) is 0.803. The fourth-order valence-electron chi connectivity index (χ4n) is 2.21. The van der Waals surface area contributed by atoms with Gasteiger partial charge in [-0.1, -0.05) is 0 Å². The van der Waals surface area contributed by atoms with Crippen LogP contribution >= 0.6 is 0 Å². The number of aliphatic hydroxyl groups excluding tert-OH is 2. The molecule has 3 N–H and O–H groups in total. The van der Waals surface area contributed by atoms with E-state index in [0.29, 0.717) is 17.9 Å². The maximum Gasteiger partial charge on any atom is 0.119 e.